The lowest BCUT2D eigenvalue weighted by atomic mass is 9.88. The van der Waals surface area contributed by atoms with Gasteiger partial charge >= 0.3 is 6.18 Å². The minimum absolute atomic E-state index is 0.000647. The fourth-order valence-electron chi connectivity index (χ4n) is 5.56. The van der Waals surface area contributed by atoms with Gasteiger partial charge in [-0.3, -0.25) is 24.2 Å². The Morgan fingerprint density at radius 1 is 1.09 bits per heavy atom. The molecule has 1 aliphatic rings. The molecular formula is C37H38F4N8O3S. The second-order valence-corrected chi connectivity index (χ2v) is 14.6. The summed E-state index contributed by atoms with van der Waals surface area (Å²) in [4.78, 5) is 32.4. The van der Waals surface area contributed by atoms with E-state index in [1.54, 1.807) is 47.3 Å². The molecule has 1 fully saturated rings. The van der Waals surface area contributed by atoms with Crippen LogP contribution in [-0.4, -0.2) is 48.5 Å². The van der Waals surface area contributed by atoms with Gasteiger partial charge in [0.1, 0.15) is 29.2 Å². The van der Waals surface area contributed by atoms with Crippen molar-refractivity contribution < 1.29 is 31.9 Å². The highest BCUT2D eigenvalue weighted by molar-refractivity contribution is 7.81. The average molecular weight is 751 g/mol. The lowest BCUT2D eigenvalue weighted by molar-refractivity contribution is -0.140. The molecule has 2 amide bonds. The summed E-state index contributed by atoms with van der Waals surface area (Å²) >= 11 is 5.51. The maximum absolute atomic E-state index is 15.3. The van der Waals surface area contributed by atoms with E-state index in [1.165, 1.54) is 31.0 Å². The molecule has 1 saturated heterocycles. The van der Waals surface area contributed by atoms with Crippen molar-refractivity contribution in [2.24, 2.45) is 5.41 Å². The maximum Gasteiger partial charge on any atom is 0.420 e. The van der Waals surface area contributed by atoms with Gasteiger partial charge < -0.3 is 15.0 Å². The molecule has 0 aliphatic carbocycles. The minimum Gasteiger partial charge on any atom is -0.487 e. The Kier molecular flexibility index (Phi) is 10.9. The lowest BCUT2D eigenvalue weighted by Crippen LogP contribution is -2.44. The zero-order valence-electron chi connectivity index (χ0n) is 30.0. The van der Waals surface area contributed by atoms with Crippen molar-refractivity contribution in [2.75, 3.05) is 9.80 Å². The Labute approximate surface area is 309 Å². The summed E-state index contributed by atoms with van der Waals surface area (Å²) < 4.78 is 64.0. The molecule has 11 nitrogen and oxygen atoms in total. The van der Waals surface area contributed by atoms with E-state index in [9.17, 15) is 22.8 Å². The summed E-state index contributed by atoms with van der Waals surface area (Å²) in [5, 5.41) is 20.2. The normalized spacial score (nSPS) is 15.0. The van der Waals surface area contributed by atoms with Gasteiger partial charge in [-0.2, -0.15) is 18.4 Å². The third kappa shape index (κ3) is 8.30. The topological polar surface area (TPSA) is 129 Å². The predicted molar refractivity (Wildman–Crippen MR) is 193 cm³/mol. The van der Waals surface area contributed by atoms with Gasteiger partial charge in [0.05, 0.1) is 41.1 Å². The molecule has 0 unspecified atom stereocenters. The summed E-state index contributed by atoms with van der Waals surface area (Å²) in [7, 11) is 0. The van der Waals surface area contributed by atoms with Crippen LogP contribution in [0, 0.1) is 22.6 Å². The highest BCUT2D eigenvalue weighted by Gasteiger charge is 2.52. The Balaban J connectivity index is 1.20. The van der Waals surface area contributed by atoms with E-state index >= 15 is 4.39 Å². The number of carbonyl (C=O) groups is 2. The van der Waals surface area contributed by atoms with Gasteiger partial charge in [0, 0.05) is 24.6 Å². The number of hydrogen-bond donors (Lipinski definition) is 1. The zero-order valence-corrected chi connectivity index (χ0v) is 30.8. The SMILES string of the molecule is C[C@@H](NC(=O)CCCn1cc(COc2ccc(-c3ccc(N4C(=S)N(c5ccc(C#N)c(C(F)(F)F)c5F)C(=O)C4(C)C)cn3)cc2)nn1)C(C)(C)C. The number of nitrogens with zero attached hydrogens (tertiary/aromatic N) is 7. The predicted octanol–water partition coefficient (Wildman–Crippen LogP) is 7.20. The smallest absolute Gasteiger partial charge is 0.420 e. The van der Waals surface area contributed by atoms with Crippen LogP contribution in [0.2, 0.25) is 0 Å². The number of carbonyl (C=O) groups excluding carboxylic acids is 2. The van der Waals surface area contributed by atoms with Crippen molar-refractivity contribution in [2.45, 2.75) is 85.3 Å². The maximum atomic E-state index is 15.3. The monoisotopic (exact) mass is 750 g/mol. The van der Waals surface area contributed by atoms with Crippen molar-refractivity contribution in [3.05, 3.63) is 83.6 Å². The molecule has 1 N–H and O–H groups in total. The van der Waals surface area contributed by atoms with Crippen molar-refractivity contribution >= 4 is 40.5 Å². The zero-order chi connectivity index (χ0) is 38.9. The number of nitrogens with one attached hydrogen (secondary N) is 1. The summed E-state index contributed by atoms with van der Waals surface area (Å²) in [5.41, 5.74) is -2.51. The first kappa shape index (κ1) is 38.8. The van der Waals surface area contributed by atoms with Crippen LogP contribution in [0.5, 0.6) is 5.75 Å². The Hall–Kier alpha value is -5.43. The van der Waals surface area contributed by atoms with Gasteiger partial charge in [-0.1, -0.05) is 26.0 Å². The van der Waals surface area contributed by atoms with Crippen molar-refractivity contribution in [1.29, 1.82) is 5.26 Å². The molecule has 5 rings (SSSR count). The van der Waals surface area contributed by atoms with Crippen LogP contribution >= 0.6 is 12.2 Å². The number of halogens is 4. The van der Waals surface area contributed by atoms with Crippen molar-refractivity contribution in [3.8, 4) is 23.1 Å². The number of thiocarbonyl (C=S) groups is 1. The number of anilines is 2. The molecule has 2 aromatic heterocycles. The van der Waals surface area contributed by atoms with E-state index in [0.717, 1.165) is 17.7 Å². The van der Waals surface area contributed by atoms with E-state index in [-0.39, 0.29) is 29.1 Å². The molecule has 0 bridgehead atoms. The van der Waals surface area contributed by atoms with Crippen LogP contribution in [0.3, 0.4) is 0 Å². The van der Waals surface area contributed by atoms with Crippen LogP contribution in [0.25, 0.3) is 11.3 Å². The Morgan fingerprint density at radius 2 is 1.79 bits per heavy atom. The Bertz CT molecular complexity index is 2050. The molecule has 0 spiro atoms. The number of pyridine rings is 1. The third-order valence-electron chi connectivity index (χ3n) is 9.03. The van der Waals surface area contributed by atoms with Crippen LogP contribution in [-0.2, 0) is 28.9 Å². The number of hydrogen-bond acceptors (Lipinski definition) is 8. The third-order valence-corrected chi connectivity index (χ3v) is 9.40. The number of amides is 2. The largest absolute Gasteiger partial charge is 0.487 e. The molecule has 4 aromatic rings. The molecule has 1 aliphatic heterocycles. The number of benzene rings is 2. The van der Waals surface area contributed by atoms with Crippen LogP contribution < -0.4 is 19.9 Å². The number of rotatable bonds is 11. The summed E-state index contributed by atoms with van der Waals surface area (Å²) in [5.74, 6) is -1.94. The number of aromatic nitrogens is 4. The molecular weight excluding hydrogens is 713 g/mol. The standard InChI is InChI=1S/C37H38F4N8O3S/c1-22(35(2,3)4)44-30(50)8-7-17-47-20-25(45-46-47)21-52-27-13-9-23(10-14-27)28-15-12-26(19-43-28)49-34(53)48(33(51)36(49,5)6)29-16-11-24(18-42)31(32(29)38)37(39,40)41/h9-16,19-20,22H,7-8,17,21H2,1-6H3,(H,44,50)/t22-/m1/s1. The van der Waals surface area contributed by atoms with Crippen molar-refractivity contribution in [3.63, 3.8) is 0 Å². The number of ether oxygens (including phenoxy) is 1. The molecule has 0 saturated carbocycles. The first-order valence-corrected chi connectivity index (χ1v) is 17.1. The number of alkyl halides is 3. The van der Waals surface area contributed by atoms with E-state index in [0.29, 0.717) is 47.1 Å². The molecule has 278 valence electrons. The highest BCUT2D eigenvalue weighted by atomic mass is 32.1. The molecule has 1 atom stereocenters. The first-order chi connectivity index (χ1) is 24.8. The number of nitriles is 1. The van der Waals surface area contributed by atoms with E-state index in [4.69, 9.17) is 22.2 Å². The molecule has 3 heterocycles. The minimum atomic E-state index is -5.18. The van der Waals surface area contributed by atoms with Crippen LogP contribution in [0.4, 0.5) is 28.9 Å². The van der Waals surface area contributed by atoms with Crippen molar-refractivity contribution in [1.82, 2.24) is 25.3 Å². The molecule has 53 heavy (non-hydrogen) atoms. The van der Waals surface area contributed by atoms with Gasteiger partial charge in [-0.15, -0.1) is 5.10 Å². The average Bonchev–Trinajstić information content (AvgIpc) is 3.61. The fraction of sp³-hybridized carbons (Fsp3) is 0.378. The van der Waals surface area contributed by atoms with Gasteiger partial charge in [-0.25, -0.2) is 4.39 Å². The van der Waals surface area contributed by atoms with E-state index < -0.39 is 40.3 Å². The highest BCUT2D eigenvalue weighted by Crippen LogP contribution is 2.42. The summed E-state index contributed by atoms with van der Waals surface area (Å²) in [6.07, 6.45) is -0.941. The van der Waals surface area contributed by atoms with E-state index in [2.05, 4.69) is 41.4 Å². The molecule has 16 heteroatoms. The fourth-order valence-corrected chi connectivity index (χ4v) is 6.08. The second kappa shape index (κ2) is 14.9. The summed E-state index contributed by atoms with van der Waals surface area (Å²) in [6.45, 7) is 12.0. The van der Waals surface area contributed by atoms with Crippen LogP contribution in [0.15, 0.2) is 60.9 Å². The van der Waals surface area contributed by atoms with Gasteiger partial charge in [0.25, 0.3) is 5.91 Å². The lowest BCUT2D eigenvalue weighted by Gasteiger charge is -2.29. The van der Waals surface area contributed by atoms with Gasteiger partial charge in [0.2, 0.25) is 5.91 Å². The molecule has 0 radical (unpaired) electrons. The molecule has 2 aromatic carbocycles. The van der Waals surface area contributed by atoms with E-state index in [1.807, 2.05) is 6.92 Å². The van der Waals surface area contributed by atoms with Gasteiger partial charge in [-0.05, 0) is 93.4 Å². The van der Waals surface area contributed by atoms with Crippen LogP contribution in [0.1, 0.15) is 71.2 Å². The second-order valence-electron chi connectivity index (χ2n) is 14.2. The number of aryl methyl sites for hydroxylation is 1. The quantitative estimate of drug-likeness (QED) is 0.125. The van der Waals surface area contributed by atoms with Gasteiger partial charge in [0.15, 0.2) is 10.9 Å². The summed E-state index contributed by atoms with van der Waals surface area (Å²) in [6, 6.07) is 13.6. The first-order valence-electron chi connectivity index (χ1n) is 16.7. The Morgan fingerprint density at radius 3 is 2.40 bits per heavy atom.